The molecule has 0 amide bonds. The summed E-state index contributed by atoms with van der Waals surface area (Å²) in [5.41, 5.74) is 2.97. The molecule has 1 aromatic carbocycles. The van der Waals surface area contributed by atoms with E-state index >= 15 is 0 Å². The minimum absolute atomic E-state index is 0.0513. The summed E-state index contributed by atoms with van der Waals surface area (Å²) in [5, 5.41) is 9.86. The van der Waals surface area contributed by atoms with E-state index in [1.807, 2.05) is 12.1 Å². The number of hydrogen-bond donors (Lipinski definition) is 1. The summed E-state index contributed by atoms with van der Waals surface area (Å²) in [7, 11) is 0. The Morgan fingerprint density at radius 3 is 2.79 bits per heavy atom. The van der Waals surface area contributed by atoms with Crippen LogP contribution in [0.2, 0.25) is 0 Å². The molecule has 3 nitrogen and oxygen atoms in total. The monoisotopic (exact) mass is 396 g/mol. The molecule has 5 rings (SSSR count). The second-order valence-corrected chi connectivity index (χ2v) is 10.6. The fraction of sp³-hybridized carbons (Fsp3) is 0.731. The second-order valence-electron chi connectivity index (χ2n) is 10.6. The predicted molar refractivity (Wildman–Crippen MR) is 114 cm³/mol. The maximum Gasteiger partial charge on any atom is 0.306 e. The van der Waals surface area contributed by atoms with E-state index in [0.717, 1.165) is 31.6 Å². The van der Waals surface area contributed by atoms with E-state index in [-0.39, 0.29) is 17.5 Å². The van der Waals surface area contributed by atoms with Crippen LogP contribution < -0.4 is 0 Å². The highest BCUT2D eigenvalue weighted by Gasteiger charge is 2.56. The van der Waals surface area contributed by atoms with Crippen LogP contribution in [0, 0.1) is 23.2 Å². The van der Waals surface area contributed by atoms with Crippen molar-refractivity contribution in [1.29, 1.82) is 0 Å². The van der Waals surface area contributed by atoms with Gasteiger partial charge in [-0.15, -0.1) is 0 Å². The van der Waals surface area contributed by atoms with Gasteiger partial charge in [0.1, 0.15) is 11.9 Å². The molecule has 1 aromatic rings. The topological polar surface area (TPSA) is 46.5 Å². The first-order valence-electron chi connectivity index (χ1n) is 12.1. The van der Waals surface area contributed by atoms with Gasteiger partial charge in [0.2, 0.25) is 0 Å². The van der Waals surface area contributed by atoms with Crippen LogP contribution in [0.5, 0.6) is 5.75 Å². The van der Waals surface area contributed by atoms with Gasteiger partial charge in [-0.3, -0.25) is 4.79 Å². The molecule has 2 unspecified atom stereocenters. The molecule has 4 aliphatic carbocycles. The van der Waals surface area contributed by atoms with Gasteiger partial charge in [-0.05, 0) is 91.9 Å². The standard InChI is InChI=1S/C26H36O3/c1-26-15-14-21-20-10-8-19(27)16-18(20)7-9-22(21)23(26)11-12-24(26)29-25(28)13-6-17-4-2-3-5-17/h8,10,16-17,21-24,27H,2-7,9,11-15H2,1H3/t21-,22-,23+,24?,26?/m1/s1. The number of benzene rings is 1. The Labute approximate surface area is 175 Å². The van der Waals surface area contributed by atoms with Crippen LogP contribution in [-0.4, -0.2) is 17.2 Å². The van der Waals surface area contributed by atoms with Gasteiger partial charge in [0.25, 0.3) is 0 Å². The van der Waals surface area contributed by atoms with Crippen LogP contribution >= 0.6 is 0 Å². The van der Waals surface area contributed by atoms with Crippen molar-refractivity contribution in [2.24, 2.45) is 23.2 Å². The van der Waals surface area contributed by atoms with Gasteiger partial charge in [0, 0.05) is 11.8 Å². The summed E-state index contributed by atoms with van der Waals surface area (Å²) >= 11 is 0. The number of fused-ring (bicyclic) bond motifs is 5. The number of ether oxygens (including phenoxy) is 1. The lowest BCUT2D eigenvalue weighted by Crippen LogP contribution is -2.45. The van der Waals surface area contributed by atoms with E-state index in [1.54, 1.807) is 0 Å². The van der Waals surface area contributed by atoms with Crippen molar-refractivity contribution < 1.29 is 14.6 Å². The summed E-state index contributed by atoms with van der Waals surface area (Å²) in [6.07, 6.45) is 13.9. The van der Waals surface area contributed by atoms with E-state index in [4.69, 9.17) is 4.74 Å². The Balaban J connectivity index is 1.25. The summed E-state index contributed by atoms with van der Waals surface area (Å²) in [6.45, 7) is 2.40. The Bertz CT molecular complexity index is 765. The number of carbonyl (C=O) groups excluding carboxylic acids is 1. The fourth-order valence-electron chi connectivity index (χ4n) is 7.55. The molecule has 0 radical (unpaired) electrons. The number of aryl methyl sites for hydroxylation is 1. The van der Waals surface area contributed by atoms with Crippen molar-refractivity contribution >= 4 is 5.97 Å². The number of phenolic OH excluding ortho intramolecular Hbond substituents is 1. The van der Waals surface area contributed by atoms with Crippen LogP contribution in [0.3, 0.4) is 0 Å². The highest BCUT2D eigenvalue weighted by atomic mass is 16.5. The van der Waals surface area contributed by atoms with Crippen LogP contribution in [0.25, 0.3) is 0 Å². The number of aromatic hydroxyl groups is 1. The number of esters is 1. The van der Waals surface area contributed by atoms with Crippen LogP contribution in [0.1, 0.15) is 94.6 Å². The summed E-state index contributed by atoms with van der Waals surface area (Å²) in [5.74, 6) is 3.19. The zero-order chi connectivity index (χ0) is 20.0. The third-order valence-corrected chi connectivity index (χ3v) is 9.13. The Hall–Kier alpha value is -1.51. The molecule has 4 aliphatic rings. The zero-order valence-electron chi connectivity index (χ0n) is 17.9. The molecule has 3 saturated carbocycles. The molecule has 3 fully saturated rings. The number of rotatable bonds is 4. The van der Waals surface area contributed by atoms with E-state index < -0.39 is 0 Å². The van der Waals surface area contributed by atoms with Crippen molar-refractivity contribution in [3.05, 3.63) is 29.3 Å². The number of carbonyl (C=O) groups is 1. The third-order valence-electron chi connectivity index (χ3n) is 9.13. The number of phenols is 1. The highest BCUT2D eigenvalue weighted by Crippen LogP contribution is 2.61. The average Bonchev–Trinajstić information content (AvgIpc) is 3.34. The first-order valence-corrected chi connectivity index (χ1v) is 12.1. The molecule has 3 heteroatoms. The molecule has 1 N–H and O–H groups in total. The lowest BCUT2D eigenvalue weighted by molar-refractivity contribution is -0.157. The molecule has 0 bridgehead atoms. The summed E-state index contributed by atoms with van der Waals surface area (Å²) in [6, 6.07) is 6.00. The lowest BCUT2D eigenvalue weighted by atomic mass is 9.55. The van der Waals surface area contributed by atoms with E-state index in [9.17, 15) is 9.90 Å². The minimum Gasteiger partial charge on any atom is -0.508 e. The van der Waals surface area contributed by atoms with Crippen molar-refractivity contribution in [2.75, 3.05) is 0 Å². The SMILES string of the molecule is CC12CC[C@@H]3c4ccc(O)cc4CC[C@H]3[C@@H]1CCC2OC(=O)CCC1CCCC1. The van der Waals surface area contributed by atoms with Crippen LogP contribution in [0.15, 0.2) is 18.2 Å². The average molecular weight is 397 g/mol. The van der Waals surface area contributed by atoms with E-state index in [1.165, 1.54) is 56.1 Å². The van der Waals surface area contributed by atoms with Gasteiger partial charge < -0.3 is 9.84 Å². The van der Waals surface area contributed by atoms with Crippen LogP contribution in [0.4, 0.5) is 0 Å². The summed E-state index contributed by atoms with van der Waals surface area (Å²) < 4.78 is 6.14. The Kier molecular flexibility index (Phi) is 5.12. The van der Waals surface area contributed by atoms with Crippen molar-refractivity contribution in [2.45, 2.75) is 96.0 Å². The molecule has 0 aliphatic heterocycles. The molecule has 158 valence electrons. The van der Waals surface area contributed by atoms with Crippen LogP contribution in [-0.2, 0) is 16.0 Å². The third kappa shape index (κ3) is 3.49. The molecular formula is C26H36O3. The van der Waals surface area contributed by atoms with Gasteiger partial charge in [-0.2, -0.15) is 0 Å². The molecule has 5 atom stereocenters. The van der Waals surface area contributed by atoms with Crippen molar-refractivity contribution in [1.82, 2.24) is 0 Å². The first kappa shape index (κ1) is 19.5. The zero-order valence-corrected chi connectivity index (χ0v) is 17.9. The van der Waals surface area contributed by atoms with Gasteiger partial charge in [-0.1, -0.05) is 38.7 Å². The van der Waals surface area contributed by atoms with Crippen molar-refractivity contribution in [3.8, 4) is 5.75 Å². The smallest absolute Gasteiger partial charge is 0.306 e. The maximum atomic E-state index is 12.6. The first-order chi connectivity index (χ1) is 14.0. The Morgan fingerprint density at radius 1 is 1.14 bits per heavy atom. The normalized spacial score (nSPS) is 36.3. The largest absolute Gasteiger partial charge is 0.508 e. The highest BCUT2D eigenvalue weighted by molar-refractivity contribution is 5.69. The second kappa shape index (κ2) is 7.63. The van der Waals surface area contributed by atoms with Gasteiger partial charge in [-0.25, -0.2) is 0 Å². The molecule has 0 spiro atoms. The van der Waals surface area contributed by atoms with E-state index in [2.05, 4.69) is 13.0 Å². The molecule has 0 saturated heterocycles. The molecular weight excluding hydrogens is 360 g/mol. The lowest BCUT2D eigenvalue weighted by Gasteiger charge is -2.50. The van der Waals surface area contributed by atoms with Gasteiger partial charge in [0.05, 0.1) is 0 Å². The maximum absolute atomic E-state index is 12.6. The van der Waals surface area contributed by atoms with Gasteiger partial charge in [0.15, 0.2) is 0 Å². The summed E-state index contributed by atoms with van der Waals surface area (Å²) in [4.78, 5) is 12.6. The molecule has 29 heavy (non-hydrogen) atoms. The molecule has 0 aromatic heterocycles. The minimum atomic E-state index is 0.0513. The number of hydrogen-bond acceptors (Lipinski definition) is 3. The molecule has 0 heterocycles. The van der Waals surface area contributed by atoms with E-state index in [0.29, 0.717) is 29.9 Å². The predicted octanol–water partition coefficient (Wildman–Crippen LogP) is 6.13. The fourth-order valence-corrected chi connectivity index (χ4v) is 7.55. The Morgan fingerprint density at radius 2 is 1.97 bits per heavy atom. The van der Waals surface area contributed by atoms with Crippen molar-refractivity contribution in [3.63, 3.8) is 0 Å². The quantitative estimate of drug-likeness (QED) is 0.623. The van der Waals surface area contributed by atoms with Gasteiger partial charge >= 0.3 is 5.97 Å².